The van der Waals surface area contributed by atoms with Gasteiger partial charge in [0.05, 0.1) is 0 Å². The molecule has 0 aliphatic carbocycles. The van der Waals surface area contributed by atoms with Gasteiger partial charge in [-0.25, -0.2) is 0 Å². The van der Waals surface area contributed by atoms with E-state index in [-0.39, 0.29) is 0 Å². The van der Waals surface area contributed by atoms with Gasteiger partial charge >= 0.3 is 0 Å². The Bertz CT molecular complexity index is 1120. The number of rotatable bonds is 0. The molecule has 0 radical (unpaired) electrons. The second kappa shape index (κ2) is 7.56. The van der Waals surface area contributed by atoms with Gasteiger partial charge in [-0.2, -0.15) is 0 Å². The lowest BCUT2D eigenvalue weighted by molar-refractivity contribution is 1.29. The first-order valence-electron chi connectivity index (χ1n) is 9.71. The first-order chi connectivity index (χ1) is 12.8. The van der Waals surface area contributed by atoms with Crippen LogP contribution in [0.25, 0.3) is 21.5 Å². The number of hydrogen-bond acceptors (Lipinski definition) is 0. The molecule has 0 unspecified atom stereocenters. The third-order valence-corrected chi connectivity index (χ3v) is 5.60. The summed E-state index contributed by atoms with van der Waals surface area (Å²) < 4.78 is 0. The summed E-state index contributed by atoms with van der Waals surface area (Å²) in [4.78, 5) is 0. The molecule has 0 heteroatoms. The van der Waals surface area contributed by atoms with Crippen molar-refractivity contribution in [2.24, 2.45) is 0 Å². The maximum absolute atomic E-state index is 2.28. The third kappa shape index (κ3) is 4.06. The molecule has 4 rings (SSSR count). The number of benzene rings is 4. The molecule has 0 heterocycles. The molecule has 4 aromatic carbocycles. The van der Waals surface area contributed by atoms with E-state index in [0.29, 0.717) is 0 Å². The molecule has 0 aliphatic rings. The predicted molar refractivity (Wildman–Crippen MR) is 121 cm³/mol. The lowest BCUT2D eigenvalue weighted by Gasteiger charge is -2.09. The second-order valence-corrected chi connectivity index (χ2v) is 7.97. The highest BCUT2D eigenvalue weighted by molar-refractivity contribution is 5.88. The maximum atomic E-state index is 2.28. The lowest BCUT2D eigenvalue weighted by Crippen LogP contribution is -1.89. The van der Waals surface area contributed by atoms with Crippen LogP contribution in [0.5, 0.6) is 0 Å². The van der Waals surface area contributed by atoms with Gasteiger partial charge in [0.25, 0.3) is 0 Å². The minimum atomic E-state index is 1.33. The predicted octanol–water partition coefficient (Wildman–Crippen LogP) is 7.84. The molecule has 0 saturated carbocycles. The first-order valence-corrected chi connectivity index (χ1v) is 9.71. The summed E-state index contributed by atoms with van der Waals surface area (Å²) >= 11 is 0. The van der Waals surface area contributed by atoms with E-state index in [1.807, 2.05) is 0 Å². The van der Waals surface area contributed by atoms with Crippen LogP contribution in [-0.4, -0.2) is 0 Å². The summed E-state index contributed by atoms with van der Waals surface area (Å²) in [7, 11) is 0. The first kappa shape index (κ1) is 19.2. The Labute approximate surface area is 163 Å². The van der Waals surface area contributed by atoms with Crippen LogP contribution in [0.15, 0.2) is 54.6 Å². The Morgan fingerprint density at radius 2 is 0.926 bits per heavy atom. The maximum Gasteiger partial charge on any atom is -0.0152 e. The topological polar surface area (TPSA) is 0 Å². The number of fused-ring (bicyclic) bond motifs is 2. The number of hydrogen-bond donors (Lipinski definition) is 0. The fourth-order valence-electron chi connectivity index (χ4n) is 3.85. The van der Waals surface area contributed by atoms with Crippen molar-refractivity contribution in [3.05, 3.63) is 93.5 Å². The Kier molecular flexibility index (Phi) is 5.37. The molecule has 0 bridgehead atoms. The molecule has 0 atom stereocenters. The van der Waals surface area contributed by atoms with E-state index in [0.717, 1.165) is 0 Å². The summed E-state index contributed by atoms with van der Waals surface area (Å²) in [6.45, 7) is 15.2. The zero-order valence-corrected chi connectivity index (χ0v) is 17.7. The minimum absolute atomic E-state index is 1.33. The summed E-state index contributed by atoms with van der Waals surface area (Å²) in [6.07, 6.45) is 0. The van der Waals surface area contributed by atoms with Crippen LogP contribution < -0.4 is 0 Å². The second-order valence-electron chi connectivity index (χ2n) is 7.97. The van der Waals surface area contributed by atoms with E-state index in [2.05, 4.69) is 103 Å². The van der Waals surface area contributed by atoms with E-state index >= 15 is 0 Å². The van der Waals surface area contributed by atoms with E-state index < -0.39 is 0 Å². The van der Waals surface area contributed by atoms with Gasteiger partial charge in [-0.05, 0) is 92.3 Å². The molecule has 0 nitrogen and oxygen atoms in total. The zero-order valence-electron chi connectivity index (χ0n) is 17.7. The normalized spacial score (nSPS) is 10.8. The Balaban J connectivity index is 0.000000156. The van der Waals surface area contributed by atoms with E-state index in [1.54, 1.807) is 0 Å². The van der Waals surface area contributed by atoms with Crippen molar-refractivity contribution in [3.63, 3.8) is 0 Å². The fraction of sp³-hybridized carbons (Fsp3) is 0.259. The standard InChI is InChI=1S/C14H16.C13H14/c1-9-5-6-14-12(4)11(3)10(2)8-13(14)7-9;1-9-4-5-13-11(3)6-10(2)8-12(13)7-9/h5-8H,1-4H3;4-8H,1-3H3. The highest BCUT2D eigenvalue weighted by Crippen LogP contribution is 2.25. The largest absolute Gasteiger partial charge is 0.0587 e. The van der Waals surface area contributed by atoms with Crippen LogP contribution in [0.4, 0.5) is 0 Å². The van der Waals surface area contributed by atoms with Gasteiger partial charge < -0.3 is 0 Å². The SMILES string of the molecule is Cc1ccc2c(C)c(C)c(C)cc2c1.Cc1ccc2c(C)cc(C)cc2c1. The summed E-state index contributed by atoms with van der Waals surface area (Å²) in [5.41, 5.74) is 9.60. The van der Waals surface area contributed by atoms with E-state index in [9.17, 15) is 0 Å². The van der Waals surface area contributed by atoms with E-state index in [4.69, 9.17) is 0 Å². The highest BCUT2D eigenvalue weighted by atomic mass is 14.1. The van der Waals surface area contributed by atoms with Crippen molar-refractivity contribution >= 4 is 21.5 Å². The lowest BCUT2D eigenvalue weighted by atomic mass is 9.96. The van der Waals surface area contributed by atoms with Gasteiger partial charge in [-0.15, -0.1) is 0 Å². The van der Waals surface area contributed by atoms with Crippen molar-refractivity contribution in [2.45, 2.75) is 48.5 Å². The van der Waals surface area contributed by atoms with Gasteiger partial charge in [0.2, 0.25) is 0 Å². The number of aryl methyl sites for hydroxylation is 6. The summed E-state index contributed by atoms with van der Waals surface area (Å²) in [6, 6.07) is 20.1. The third-order valence-electron chi connectivity index (χ3n) is 5.60. The highest BCUT2D eigenvalue weighted by Gasteiger charge is 2.03. The quantitative estimate of drug-likeness (QED) is 0.302. The van der Waals surface area contributed by atoms with Crippen molar-refractivity contribution < 1.29 is 0 Å². The van der Waals surface area contributed by atoms with Crippen LogP contribution in [0.1, 0.15) is 38.9 Å². The monoisotopic (exact) mass is 354 g/mol. The smallest absolute Gasteiger partial charge is 0.0152 e. The molecule has 27 heavy (non-hydrogen) atoms. The van der Waals surface area contributed by atoms with Crippen LogP contribution in [0.2, 0.25) is 0 Å². The minimum Gasteiger partial charge on any atom is -0.0587 e. The van der Waals surface area contributed by atoms with Crippen LogP contribution >= 0.6 is 0 Å². The summed E-state index contributed by atoms with van der Waals surface area (Å²) in [5.74, 6) is 0. The molecule has 0 saturated heterocycles. The Morgan fingerprint density at radius 3 is 1.56 bits per heavy atom. The van der Waals surface area contributed by atoms with Gasteiger partial charge in [-0.1, -0.05) is 71.3 Å². The molecule has 138 valence electrons. The van der Waals surface area contributed by atoms with Crippen LogP contribution in [-0.2, 0) is 0 Å². The molecule has 4 aromatic rings. The fourth-order valence-corrected chi connectivity index (χ4v) is 3.85. The molecule has 0 aromatic heterocycles. The molecule has 0 amide bonds. The average molecular weight is 355 g/mol. The molecule has 0 aliphatic heterocycles. The summed E-state index contributed by atoms with van der Waals surface area (Å²) in [5, 5.41) is 5.48. The molecular formula is C27H30. The van der Waals surface area contributed by atoms with Gasteiger partial charge in [0.15, 0.2) is 0 Å². The average Bonchev–Trinajstić information content (AvgIpc) is 2.59. The van der Waals surface area contributed by atoms with Crippen molar-refractivity contribution in [2.75, 3.05) is 0 Å². The van der Waals surface area contributed by atoms with E-state index in [1.165, 1.54) is 60.5 Å². The van der Waals surface area contributed by atoms with Crippen molar-refractivity contribution in [3.8, 4) is 0 Å². The van der Waals surface area contributed by atoms with Crippen LogP contribution in [0, 0.1) is 48.5 Å². The molecule has 0 fully saturated rings. The Morgan fingerprint density at radius 1 is 0.407 bits per heavy atom. The Hall–Kier alpha value is -2.60. The van der Waals surface area contributed by atoms with Crippen molar-refractivity contribution in [1.82, 2.24) is 0 Å². The molecule has 0 N–H and O–H groups in total. The molecular weight excluding hydrogens is 324 g/mol. The van der Waals surface area contributed by atoms with Crippen LogP contribution in [0.3, 0.4) is 0 Å². The zero-order chi connectivity index (χ0) is 19.7. The van der Waals surface area contributed by atoms with Gasteiger partial charge in [0, 0.05) is 0 Å². The molecule has 0 spiro atoms. The van der Waals surface area contributed by atoms with Gasteiger partial charge in [0.1, 0.15) is 0 Å². The van der Waals surface area contributed by atoms with Gasteiger partial charge in [-0.3, -0.25) is 0 Å². The van der Waals surface area contributed by atoms with Crippen molar-refractivity contribution in [1.29, 1.82) is 0 Å².